The summed E-state index contributed by atoms with van der Waals surface area (Å²) in [5.41, 5.74) is 1.08. The van der Waals surface area contributed by atoms with E-state index in [1.54, 1.807) is 0 Å². The fraction of sp³-hybridized carbons (Fsp3) is 0.571. The Bertz CT molecular complexity index is 396. The summed E-state index contributed by atoms with van der Waals surface area (Å²) in [4.78, 5) is 0. The van der Waals surface area contributed by atoms with Crippen molar-refractivity contribution >= 4 is 0 Å². The summed E-state index contributed by atoms with van der Waals surface area (Å²) >= 11 is 0. The lowest BCUT2D eigenvalue weighted by atomic mass is 9.99. The van der Waals surface area contributed by atoms with E-state index >= 15 is 0 Å². The number of hydrogen-bond acceptors (Lipinski definition) is 6. The Morgan fingerprint density at radius 1 is 1.00 bits per heavy atom. The lowest BCUT2D eigenvalue weighted by Crippen LogP contribution is -2.59. The van der Waals surface area contributed by atoms with Crippen LogP contribution < -0.4 is 0 Å². The third-order valence-electron chi connectivity index (χ3n) is 3.36. The van der Waals surface area contributed by atoms with Gasteiger partial charge in [0.15, 0.2) is 6.29 Å². The SMILES string of the molecule is OC[C@H]1O[C@@H](OCCc2ccccc2)[C@H](O)C(O)[C@H]1O. The van der Waals surface area contributed by atoms with Crippen molar-refractivity contribution in [1.29, 1.82) is 0 Å². The van der Waals surface area contributed by atoms with Gasteiger partial charge in [0.2, 0.25) is 0 Å². The molecule has 0 bridgehead atoms. The van der Waals surface area contributed by atoms with Crippen LogP contribution in [-0.4, -0.2) is 64.3 Å². The van der Waals surface area contributed by atoms with Crippen LogP contribution in [0.5, 0.6) is 0 Å². The van der Waals surface area contributed by atoms with E-state index in [-0.39, 0.29) is 0 Å². The van der Waals surface area contributed by atoms with Crippen molar-refractivity contribution in [3.8, 4) is 0 Å². The molecule has 0 spiro atoms. The van der Waals surface area contributed by atoms with Gasteiger partial charge in [0.1, 0.15) is 24.4 Å². The van der Waals surface area contributed by atoms with Gasteiger partial charge in [-0.3, -0.25) is 0 Å². The van der Waals surface area contributed by atoms with Crippen molar-refractivity contribution in [1.82, 2.24) is 0 Å². The van der Waals surface area contributed by atoms with Crippen molar-refractivity contribution in [3.63, 3.8) is 0 Å². The van der Waals surface area contributed by atoms with E-state index < -0.39 is 37.3 Å². The van der Waals surface area contributed by atoms with Crippen molar-refractivity contribution in [2.24, 2.45) is 0 Å². The summed E-state index contributed by atoms with van der Waals surface area (Å²) in [6.07, 6.45) is -5.46. The molecule has 0 aliphatic carbocycles. The van der Waals surface area contributed by atoms with Gasteiger partial charge in [-0.15, -0.1) is 0 Å². The molecule has 1 unspecified atom stereocenters. The molecule has 1 saturated heterocycles. The maximum Gasteiger partial charge on any atom is 0.186 e. The highest BCUT2D eigenvalue weighted by molar-refractivity contribution is 5.14. The minimum absolute atomic E-state index is 0.298. The lowest BCUT2D eigenvalue weighted by molar-refractivity contribution is -0.300. The van der Waals surface area contributed by atoms with E-state index in [0.717, 1.165) is 5.56 Å². The Kier molecular flexibility index (Phi) is 5.47. The van der Waals surface area contributed by atoms with E-state index in [2.05, 4.69) is 0 Å². The quantitative estimate of drug-likeness (QED) is 0.556. The standard InChI is InChI=1S/C14H20O6/c15-8-10-11(16)12(17)13(18)14(20-10)19-7-6-9-4-2-1-3-5-9/h1-5,10-18H,6-8H2/t10-,11+,12?,13-,14-/m1/s1. The van der Waals surface area contributed by atoms with Crippen molar-refractivity contribution in [2.45, 2.75) is 37.1 Å². The molecule has 1 aromatic carbocycles. The zero-order valence-electron chi connectivity index (χ0n) is 11.0. The van der Waals surface area contributed by atoms with Crippen LogP contribution in [0.25, 0.3) is 0 Å². The molecule has 20 heavy (non-hydrogen) atoms. The molecule has 0 radical (unpaired) electrons. The average molecular weight is 284 g/mol. The number of aliphatic hydroxyl groups is 4. The van der Waals surface area contributed by atoms with Crippen LogP contribution in [0.2, 0.25) is 0 Å². The molecule has 0 amide bonds. The molecule has 1 aromatic rings. The van der Waals surface area contributed by atoms with Crippen LogP contribution in [0.15, 0.2) is 30.3 Å². The summed E-state index contributed by atoms with van der Waals surface area (Å²) in [5.74, 6) is 0. The molecule has 112 valence electrons. The van der Waals surface area contributed by atoms with Gasteiger partial charge in [-0.2, -0.15) is 0 Å². The first-order valence-electron chi connectivity index (χ1n) is 6.59. The van der Waals surface area contributed by atoms with Gasteiger partial charge >= 0.3 is 0 Å². The van der Waals surface area contributed by atoms with E-state index in [9.17, 15) is 15.3 Å². The van der Waals surface area contributed by atoms with Gasteiger partial charge in [0, 0.05) is 0 Å². The molecule has 1 aliphatic heterocycles. The molecule has 6 heteroatoms. The molecular formula is C14H20O6. The van der Waals surface area contributed by atoms with E-state index in [1.165, 1.54) is 0 Å². The van der Waals surface area contributed by atoms with Crippen LogP contribution in [0.3, 0.4) is 0 Å². The lowest BCUT2D eigenvalue weighted by Gasteiger charge is -2.39. The molecule has 1 fully saturated rings. The van der Waals surface area contributed by atoms with Crippen molar-refractivity contribution in [2.75, 3.05) is 13.2 Å². The predicted molar refractivity (Wildman–Crippen MR) is 69.9 cm³/mol. The minimum atomic E-state index is -1.40. The third kappa shape index (κ3) is 3.54. The van der Waals surface area contributed by atoms with Crippen molar-refractivity contribution in [3.05, 3.63) is 35.9 Å². The fourth-order valence-corrected chi connectivity index (χ4v) is 2.14. The summed E-state index contributed by atoms with van der Waals surface area (Å²) < 4.78 is 10.6. The Hall–Kier alpha value is -1.02. The summed E-state index contributed by atoms with van der Waals surface area (Å²) in [6.45, 7) is -0.157. The smallest absolute Gasteiger partial charge is 0.186 e. The Balaban J connectivity index is 1.85. The largest absolute Gasteiger partial charge is 0.394 e. The van der Waals surface area contributed by atoms with E-state index in [0.29, 0.717) is 13.0 Å². The number of benzene rings is 1. The highest BCUT2D eigenvalue weighted by Crippen LogP contribution is 2.22. The summed E-state index contributed by atoms with van der Waals surface area (Å²) in [6, 6.07) is 9.67. The number of hydrogen-bond donors (Lipinski definition) is 4. The average Bonchev–Trinajstić information content (AvgIpc) is 2.48. The Morgan fingerprint density at radius 2 is 1.70 bits per heavy atom. The number of rotatable bonds is 5. The van der Waals surface area contributed by atoms with Gasteiger partial charge in [-0.1, -0.05) is 30.3 Å². The van der Waals surface area contributed by atoms with Crippen LogP contribution in [-0.2, 0) is 15.9 Å². The zero-order chi connectivity index (χ0) is 14.5. The highest BCUT2D eigenvalue weighted by atomic mass is 16.7. The zero-order valence-corrected chi connectivity index (χ0v) is 11.0. The van der Waals surface area contributed by atoms with Crippen molar-refractivity contribution < 1.29 is 29.9 Å². The molecule has 6 nitrogen and oxygen atoms in total. The van der Waals surface area contributed by atoms with E-state index in [1.807, 2.05) is 30.3 Å². The second-order valence-corrected chi connectivity index (χ2v) is 4.80. The molecule has 4 N–H and O–H groups in total. The second kappa shape index (κ2) is 7.12. The van der Waals surface area contributed by atoms with Gasteiger partial charge in [0.25, 0.3) is 0 Å². The maximum atomic E-state index is 9.78. The maximum absolute atomic E-state index is 9.78. The Labute approximate surface area is 117 Å². The third-order valence-corrected chi connectivity index (χ3v) is 3.36. The molecule has 5 atom stereocenters. The van der Waals surface area contributed by atoms with Crippen LogP contribution in [0.4, 0.5) is 0 Å². The molecule has 1 aliphatic rings. The molecule has 0 aromatic heterocycles. The monoisotopic (exact) mass is 284 g/mol. The summed E-state index contributed by atoms with van der Waals surface area (Å²) in [5, 5.41) is 38.1. The summed E-state index contributed by atoms with van der Waals surface area (Å²) in [7, 11) is 0. The minimum Gasteiger partial charge on any atom is -0.394 e. The van der Waals surface area contributed by atoms with Crippen LogP contribution in [0, 0.1) is 0 Å². The number of ether oxygens (including phenoxy) is 2. The molecular weight excluding hydrogens is 264 g/mol. The first-order valence-corrected chi connectivity index (χ1v) is 6.59. The second-order valence-electron chi connectivity index (χ2n) is 4.80. The fourth-order valence-electron chi connectivity index (χ4n) is 2.14. The van der Waals surface area contributed by atoms with Gasteiger partial charge in [-0.25, -0.2) is 0 Å². The highest BCUT2D eigenvalue weighted by Gasteiger charge is 2.43. The normalized spacial score (nSPS) is 34.1. The number of aliphatic hydroxyl groups excluding tert-OH is 4. The molecule has 2 rings (SSSR count). The first kappa shape index (κ1) is 15.4. The topological polar surface area (TPSA) is 99.4 Å². The Morgan fingerprint density at radius 3 is 2.35 bits per heavy atom. The predicted octanol–water partition coefficient (Wildman–Crippen LogP) is -0.954. The van der Waals surface area contributed by atoms with Gasteiger partial charge in [0.05, 0.1) is 13.2 Å². The van der Waals surface area contributed by atoms with E-state index in [4.69, 9.17) is 14.6 Å². The molecule has 1 heterocycles. The molecule has 0 saturated carbocycles. The van der Waals surface area contributed by atoms with Crippen LogP contribution >= 0.6 is 0 Å². The van der Waals surface area contributed by atoms with Gasteiger partial charge in [-0.05, 0) is 12.0 Å². The van der Waals surface area contributed by atoms with Crippen LogP contribution in [0.1, 0.15) is 5.56 Å². The van der Waals surface area contributed by atoms with Gasteiger partial charge < -0.3 is 29.9 Å². The first-order chi connectivity index (χ1) is 9.63.